The molecule has 1 aliphatic heterocycles. The van der Waals surface area contributed by atoms with E-state index < -0.39 is 24.5 Å². The van der Waals surface area contributed by atoms with E-state index in [2.05, 4.69) is 84.3 Å². The van der Waals surface area contributed by atoms with Crippen molar-refractivity contribution in [2.24, 2.45) is 0 Å². The first-order valence-electron chi connectivity index (χ1n) is 25.2. The van der Waals surface area contributed by atoms with Gasteiger partial charge in [-0.2, -0.15) is 53.6 Å². The summed E-state index contributed by atoms with van der Waals surface area (Å²) in [6.07, 6.45) is 3.41. The number of hydrogen-bond acceptors (Lipinski definition) is 2. The zero-order chi connectivity index (χ0) is 49.9. The Morgan fingerprint density at radius 3 is 2.12 bits per heavy atom. The summed E-state index contributed by atoms with van der Waals surface area (Å²) in [4.78, 5) is 4.84. The summed E-state index contributed by atoms with van der Waals surface area (Å²) in [7, 11) is 0. The Hall–Kier alpha value is -6.39. The first-order chi connectivity index (χ1) is 33.8. The summed E-state index contributed by atoms with van der Waals surface area (Å²) < 4.78 is 75.3. The molecule has 0 unspecified atom stereocenters. The van der Waals surface area contributed by atoms with Crippen molar-refractivity contribution in [1.29, 1.82) is 0 Å². The van der Waals surface area contributed by atoms with Crippen LogP contribution in [-0.4, -0.2) is 14.1 Å². The molecule has 0 fully saturated rings. The van der Waals surface area contributed by atoms with Gasteiger partial charge in [-0.3, -0.25) is 4.57 Å². The standard InChI is InChI=1S/C59H50N4O.Pt/c1-58(2,3)45-31-42(32-46(34-45)59(4,5)6)49-22-15-21-48(41-17-8-7-9-18-41)57(49)62-38-61(53-24-12-13-25-54(53)62)47-19-14-16-39(29-47)28-40-26-27-51-50-20-10-11-23-52(50)63(55(51)30-40)56-33-43-36-64-37-44(43)35-60-56;/h7-27,31-35H,28,36-37H2,1-6H3;/q-2;/i7D,8D,9D,17D,18D,28D2;. The Kier molecular flexibility index (Phi) is 8.90. The van der Waals surface area contributed by atoms with Gasteiger partial charge >= 0.3 is 0 Å². The van der Waals surface area contributed by atoms with Crippen LogP contribution in [0.25, 0.3) is 72.3 Å². The molecule has 0 atom stereocenters. The van der Waals surface area contributed by atoms with Crippen LogP contribution < -0.4 is 4.57 Å². The number of rotatable bonds is 7. The van der Waals surface area contributed by atoms with E-state index in [1.54, 1.807) is 18.2 Å². The molecule has 6 heteroatoms. The Morgan fingerprint density at radius 1 is 0.677 bits per heavy atom. The minimum absolute atomic E-state index is 0. The van der Waals surface area contributed by atoms with E-state index in [0.29, 0.717) is 47.1 Å². The number of benzene rings is 7. The molecule has 7 aromatic carbocycles. The molecular weight excluding hydrogens is 976 g/mol. The van der Waals surface area contributed by atoms with E-state index in [-0.39, 0.29) is 55.1 Å². The molecule has 0 radical (unpaired) electrons. The van der Waals surface area contributed by atoms with Gasteiger partial charge in [0, 0.05) is 41.1 Å². The minimum Gasteiger partial charge on any atom is -0.372 e. The molecule has 65 heavy (non-hydrogen) atoms. The molecule has 4 heterocycles. The second-order valence-corrected chi connectivity index (χ2v) is 18.6. The third-order valence-corrected chi connectivity index (χ3v) is 12.3. The van der Waals surface area contributed by atoms with Gasteiger partial charge in [0.05, 0.1) is 36.8 Å². The van der Waals surface area contributed by atoms with Crippen molar-refractivity contribution in [3.05, 3.63) is 210 Å². The van der Waals surface area contributed by atoms with Gasteiger partial charge < -0.3 is 13.9 Å². The van der Waals surface area contributed by atoms with Crippen LogP contribution in [-0.2, 0) is 56.2 Å². The molecule has 3 aromatic heterocycles. The quantitative estimate of drug-likeness (QED) is 0.118. The monoisotopic (exact) mass is 1030 g/mol. The van der Waals surface area contributed by atoms with Crippen LogP contribution in [0.1, 0.15) is 84.5 Å². The Labute approximate surface area is 406 Å². The molecule has 11 rings (SSSR count). The molecule has 0 aliphatic carbocycles. The molecule has 0 saturated heterocycles. The van der Waals surface area contributed by atoms with E-state index >= 15 is 0 Å². The van der Waals surface area contributed by atoms with E-state index in [4.69, 9.17) is 13.8 Å². The molecule has 5 nitrogen and oxygen atoms in total. The molecule has 10 aromatic rings. The minimum atomic E-state index is -2.06. The zero-order valence-corrected chi connectivity index (χ0v) is 39.3. The van der Waals surface area contributed by atoms with Crippen molar-refractivity contribution < 1.29 is 40.0 Å². The summed E-state index contributed by atoms with van der Waals surface area (Å²) in [6.45, 7) is 14.1. The van der Waals surface area contributed by atoms with Crippen molar-refractivity contribution in [1.82, 2.24) is 14.1 Å². The fourth-order valence-corrected chi connectivity index (χ4v) is 8.84. The van der Waals surface area contributed by atoms with Gasteiger partial charge in [0.15, 0.2) is 0 Å². The summed E-state index contributed by atoms with van der Waals surface area (Å²) in [6, 6.07) is 44.4. The van der Waals surface area contributed by atoms with Crippen molar-refractivity contribution in [3.8, 4) is 39.4 Å². The Morgan fingerprint density at radius 2 is 1.35 bits per heavy atom. The zero-order valence-electron chi connectivity index (χ0n) is 44.1. The van der Waals surface area contributed by atoms with Crippen LogP contribution in [0.5, 0.6) is 0 Å². The van der Waals surface area contributed by atoms with E-state index in [1.165, 1.54) is 0 Å². The number of hydrogen-bond donors (Lipinski definition) is 0. The van der Waals surface area contributed by atoms with Gasteiger partial charge in [-0.05, 0) is 79.4 Å². The number of fused-ring (bicyclic) bond motifs is 5. The predicted octanol–water partition coefficient (Wildman–Crippen LogP) is 13.3. The molecule has 324 valence electrons. The first kappa shape index (κ1) is 34.9. The van der Waals surface area contributed by atoms with Gasteiger partial charge in [-0.25, -0.2) is 4.98 Å². The number of ether oxygens (including phenoxy) is 1. The molecule has 0 saturated carbocycles. The molecule has 0 spiro atoms. The van der Waals surface area contributed by atoms with Crippen LogP contribution in [0.4, 0.5) is 0 Å². The number of aromatic nitrogens is 4. The van der Waals surface area contributed by atoms with Crippen LogP contribution in [0.15, 0.2) is 158 Å². The second-order valence-electron chi connectivity index (χ2n) is 18.6. The Balaban J connectivity index is 0.00000596. The summed E-state index contributed by atoms with van der Waals surface area (Å²) >= 11 is 0. The fourth-order valence-electron chi connectivity index (χ4n) is 8.84. The fraction of sp³-hybridized carbons (Fsp3) is 0.186. The number of pyridine rings is 1. The van der Waals surface area contributed by atoms with Crippen LogP contribution >= 0.6 is 0 Å². The van der Waals surface area contributed by atoms with Crippen molar-refractivity contribution in [2.75, 3.05) is 0 Å². The largest absolute Gasteiger partial charge is 0.372 e. The molecule has 1 aliphatic rings. The van der Waals surface area contributed by atoms with Crippen molar-refractivity contribution in [3.63, 3.8) is 0 Å². The smallest absolute Gasteiger partial charge is 0.268 e. The Bertz CT molecular complexity index is 3770. The molecule has 0 amide bonds. The van der Waals surface area contributed by atoms with Crippen LogP contribution in [0.2, 0.25) is 0 Å². The SMILES string of the molecule is [2H]c1c([2H])c([2H])c(-c2cccc(-c3cc(C(C)(C)C)cc(C(C)(C)C)c3)c2-[n+]2[c-]n(-c3[c-]c(C([2H])([2H])c4[c-]c5c(cc4)c4ccccc4n5-c4cc5c(cn4)COC5)ccc3)c3ccccc32)c([2H])c1[2H].[Pt]. The normalized spacial score (nSPS) is 14.6. The second kappa shape index (κ2) is 16.6. The number of para-hydroxylation sites is 4. The summed E-state index contributed by atoms with van der Waals surface area (Å²) in [5.74, 6) is 0.708. The number of nitrogens with zero attached hydrogens (tertiary/aromatic N) is 4. The topological polar surface area (TPSA) is 35.9 Å². The average molecular weight is 1030 g/mol. The van der Waals surface area contributed by atoms with Gasteiger partial charge in [0.1, 0.15) is 5.82 Å². The van der Waals surface area contributed by atoms with Crippen molar-refractivity contribution in [2.45, 2.75) is 72.0 Å². The van der Waals surface area contributed by atoms with Crippen LogP contribution in [0.3, 0.4) is 0 Å². The first-order valence-corrected chi connectivity index (χ1v) is 21.7. The van der Waals surface area contributed by atoms with Gasteiger partial charge in [-0.15, -0.1) is 5.39 Å². The predicted molar refractivity (Wildman–Crippen MR) is 259 cm³/mol. The van der Waals surface area contributed by atoms with E-state index in [9.17, 15) is 5.48 Å². The number of imidazole rings is 1. The molecule has 0 bridgehead atoms. The van der Waals surface area contributed by atoms with Gasteiger partial charge in [0.2, 0.25) is 0 Å². The maximum atomic E-state index is 9.77. The van der Waals surface area contributed by atoms with Crippen molar-refractivity contribution >= 4 is 32.8 Å². The van der Waals surface area contributed by atoms with Gasteiger partial charge in [-0.1, -0.05) is 156 Å². The molecule has 0 N–H and O–H groups in total. The maximum Gasteiger partial charge on any atom is 0.268 e. The summed E-state index contributed by atoms with van der Waals surface area (Å²) in [5.41, 5.74) is 11.0. The van der Waals surface area contributed by atoms with Gasteiger partial charge in [0.25, 0.3) is 6.33 Å². The molecular formula is C59H50N4OPt-2. The van der Waals surface area contributed by atoms with E-state index in [0.717, 1.165) is 60.7 Å². The summed E-state index contributed by atoms with van der Waals surface area (Å²) in [5, 5.41) is 1.94. The third kappa shape index (κ3) is 7.75. The average Bonchev–Trinajstić information content (AvgIpc) is 4.08. The maximum absolute atomic E-state index is 9.77. The van der Waals surface area contributed by atoms with E-state index in [1.807, 2.05) is 98.8 Å². The third-order valence-electron chi connectivity index (χ3n) is 12.3. The van der Waals surface area contributed by atoms with Crippen LogP contribution in [0, 0.1) is 18.5 Å².